The van der Waals surface area contributed by atoms with Crippen LogP contribution in [0.4, 0.5) is 0 Å². The topological polar surface area (TPSA) is 90.0 Å². The molecule has 2 heterocycles. The minimum Gasteiger partial charge on any atom is -0.477 e. The number of carboxylic acid groups (broad SMARTS) is 1. The molecule has 0 aliphatic carbocycles. The van der Waals surface area contributed by atoms with Gasteiger partial charge in [0.25, 0.3) is 0 Å². The molecule has 7 nitrogen and oxygen atoms in total. The monoisotopic (exact) mass is 333 g/mol. The molecule has 0 amide bonds. The zero-order valence-corrected chi connectivity index (χ0v) is 13.6. The first kappa shape index (κ1) is 16.4. The van der Waals surface area contributed by atoms with Crippen molar-refractivity contribution in [3.8, 4) is 0 Å². The van der Waals surface area contributed by atoms with Crippen molar-refractivity contribution in [2.45, 2.75) is 10.9 Å². The molecule has 1 unspecified atom stereocenters. The Hall–Kier alpha value is -1.00. The average Bonchev–Trinajstić information content (AvgIpc) is 2.90. The predicted octanol–water partition coefficient (Wildman–Crippen LogP) is -0.0296. The molecular weight excluding hydrogens is 314 g/mol. The zero-order chi connectivity index (χ0) is 15.6. The highest BCUT2D eigenvalue weighted by molar-refractivity contribution is 7.89. The normalized spacial score (nSPS) is 21.5. The minimum absolute atomic E-state index is 0.0745. The molecule has 0 bridgehead atoms. The number of nitrogens with one attached hydrogen (secondary N) is 1. The van der Waals surface area contributed by atoms with Crippen LogP contribution < -0.4 is 4.72 Å². The summed E-state index contributed by atoms with van der Waals surface area (Å²) in [5.41, 5.74) is 0. The average molecular weight is 333 g/mol. The number of nitrogens with zero attached hydrogens (tertiary/aromatic N) is 2. The number of likely N-dealkylation sites (N-methyl/N-ethyl adjacent to an activating group) is 2. The summed E-state index contributed by atoms with van der Waals surface area (Å²) in [5, 5.41) is 10.5. The Morgan fingerprint density at radius 1 is 1.48 bits per heavy atom. The number of aromatic carboxylic acids is 1. The fourth-order valence-electron chi connectivity index (χ4n) is 2.27. The largest absolute Gasteiger partial charge is 0.477 e. The van der Waals surface area contributed by atoms with E-state index in [1.807, 2.05) is 14.1 Å². The molecular formula is C12H19N3O4S2. The summed E-state index contributed by atoms with van der Waals surface area (Å²) in [6.45, 7) is 2.86. The van der Waals surface area contributed by atoms with E-state index in [1.165, 1.54) is 11.4 Å². The van der Waals surface area contributed by atoms with E-state index in [-0.39, 0.29) is 22.4 Å². The van der Waals surface area contributed by atoms with E-state index in [9.17, 15) is 13.2 Å². The summed E-state index contributed by atoms with van der Waals surface area (Å²) in [6, 6.07) is 1.40. The van der Waals surface area contributed by atoms with Crippen LogP contribution in [0, 0.1) is 0 Å². The minimum atomic E-state index is -3.80. The SMILES string of the molecule is CN1CCN(C)C(CNS(=O)(=O)c2ccsc2C(=O)O)C1. The van der Waals surface area contributed by atoms with E-state index in [2.05, 4.69) is 14.5 Å². The molecule has 2 rings (SSSR count). The molecule has 1 aromatic rings. The fraction of sp³-hybridized carbons (Fsp3) is 0.583. The Kier molecular flexibility index (Phi) is 4.99. The lowest BCUT2D eigenvalue weighted by atomic mass is 10.2. The van der Waals surface area contributed by atoms with E-state index < -0.39 is 16.0 Å². The lowest BCUT2D eigenvalue weighted by molar-refractivity contribution is 0.0698. The number of rotatable bonds is 5. The smallest absolute Gasteiger partial charge is 0.347 e. The van der Waals surface area contributed by atoms with Crippen LogP contribution in [0.1, 0.15) is 9.67 Å². The summed E-state index contributed by atoms with van der Waals surface area (Å²) in [7, 11) is 0.155. The third-order valence-corrected chi connectivity index (χ3v) is 6.10. The van der Waals surface area contributed by atoms with Crippen LogP contribution in [0.2, 0.25) is 0 Å². The molecule has 1 aromatic heterocycles. The Labute approximate surface area is 128 Å². The number of carbonyl (C=O) groups is 1. The molecule has 1 aliphatic heterocycles. The highest BCUT2D eigenvalue weighted by Crippen LogP contribution is 2.21. The van der Waals surface area contributed by atoms with Crippen LogP contribution in [0.3, 0.4) is 0 Å². The Balaban J connectivity index is 2.07. The van der Waals surface area contributed by atoms with Crippen LogP contribution in [0.15, 0.2) is 16.3 Å². The van der Waals surface area contributed by atoms with Gasteiger partial charge < -0.3 is 10.0 Å². The van der Waals surface area contributed by atoms with Crippen molar-refractivity contribution in [1.29, 1.82) is 0 Å². The second kappa shape index (κ2) is 6.41. The van der Waals surface area contributed by atoms with Crippen molar-refractivity contribution >= 4 is 27.3 Å². The van der Waals surface area contributed by atoms with Crippen molar-refractivity contribution in [3.63, 3.8) is 0 Å². The molecule has 1 fully saturated rings. The number of hydrogen-bond acceptors (Lipinski definition) is 6. The van der Waals surface area contributed by atoms with E-state index in [1.54, 1.807) is 0 Å². The molecule has 0 radical (unpaired) electrons. The van der Waals surface area contributed by atoms with Gasteiger partial charge in [0.05, 0.1) is 0 Å². The molecule has 1 aliphatic rings. The first-order valence-electron chi connectivity index (χ1n) is 6.50. The van der Waals surface area contributed by atoms with Crippen LogP contribution in [0.25, 0.3) is 0 Å². The van der Waals surface area contributed by atoms with Gasteiger partial charge in [0, 0.05) is 32.2 Å². The molecule has 9 heteroatoms. The van der Waals surface area contributed by atoms with Gasteiger partial charge in [-0.15, -0.1) is 11.3 Å². The lowest BCUT2D eigenvalue weighted by Crippen LogP contribution is -2.54. The molecule has 0 spiro atoms. The van der Waals surface area contributed by atoms with Crippen molar-refractivity contribution < 1.29 is 18.3 Å². The molecule has 2 N–H and O–H groups in total. The molecule has 0 saturated carbocycles. The van der Waals surface area contributed by atoms with E-state index in [4.69, 9.17) is 5.11 Å². The first-order valence-corrected chi connectivity index (χ1v) is 8.87. The van der Waals surface area contributed by atoms with Crippen LogP contribution in [0.5, 0.6) is 0 Å². The number of hydrogen-bond donors (Lipinski definition) is 2. The van der Waals surface area contributed by atoms with Gasteiger partial charge >= 0.3 is 5.97 Å². The molecule has 1 saturated heterocycles. The summed E-state index contributed by atoms with van der Waals surface area (Å²) in [5.74, 6) is -1.22. The van der Waals surface area contributed by atoms with Crippen molar-refractivity contribution in [3.05, 3.63) is 16.3 Å². The Morgan fingerprint density at radius 2 is 2.19 bits per heavy atom. The molecule has 0 aromatic carbocycles. The number of piperazine rings is 1. The Morgan fingerprint density at radius 3 is 2.86 bits per heavy atom. The van der Waals surface area contributed by atoms with Gasteiger partial charge in [-0.1, -0.05) is 0 Å². The standard InChI is InChI=1S/C12H19N3O4S2/c1-14-4-5-15(2)9(8-14)7-13-21(18,19)10-3-6-20-11(10)12(16)17/h3,6,9,13H,4-5,7-8H2,1-2H3,(H,16,17). The van der Waals surface area contributed by atoms with E-state index in [0.29, 0.717) is 0 Å². The van der Waals surface area contributed by atoms with Crippen LogP contribution in [-0.4, -0.2) is 75.6 Å². The summed E-state index contributed by atoms with van der Waals surface area (Å²) in [4.78, 5) is 15.0. The predicted molar refractivity (Wildman–Crippen MR) is 80.4 cm³/mol. The van der Waals surface area contributed by atoms with Crippen LogP contribution in [-0.2, 0) is 10.0 Å². The van der Waals surface area contributed by atoms with Gasteiger partial charge in [0.15, 0.2) is 0 Å². The maximum Gasteiger partial charge on any atom is 0.347 e. The Bertz CT molecular complexity index is 614. The maximum atomic E-state index is 12.2. The summed E-state index contributed by atoms with van der Waals surface area (Å²) >= 11 is 0.910. The maximum absolute atomic E-state index is 12.2. The number of thiophene rings is 1. The van der Waals surface area contributed by atoms with Crippen molar-refractivity contribution in [1.82, 2.24) is 14.5 Å². The highest BCUT2D eigenvalue weighted by atomic mass is 32.2. The lowest BCUT2D eigenvalue weighted by Gasteiger charge is -2.37. The van der Waals surface area contributed by atoms with Gasteiger partial charge in [0.2, 0.25) is 10.0 Å². The fourth-order valence-corrected chi connectivity index (χ4v) is 4.60. The second-order valence-electron chi connectivity index (χ2n) is 5.17. The third-order valence-electron chi connectivity index (χ3n) is 3.60. The van der Waals surface area contributed by atoms with Gasteiger partial charge in [0.1, 0.15) is 9.77 Å². The van der Waals surface area contributed by atoms with Crippen molar-refractivity contribution in [2.75, 3.05) is 40.3 Å². The summed E-state index contributed by atoms with van der Waals surface area (Å²) < 4.78 is 27.0. The summed E-state index contributed by atoms with van der Waals surface area (Å²) in [6.07, 6.45) is 0. The molecule has 1 atom stereocenters. The van der Waals surface area contributed by atoms with Crippen molar-refractivity contribution in [2.24, 2.45) is 0 Å². The molecule has 21 heavy (non-hydrogen) atoms. The zero-order valence-electron chi connectivity index (χ0n) is 11.9. The quantitative estimate of drug-likeness (QED) is 0.786. The highest BCUT2D eigenvalue weighted by Gasteiger charge is 2.27. The van der Waals surface area contributed by atoms with Gasteiger partial charge in [-0.3, -0.25) is 4.90 Å². The van der Waals surface area contributed by atoms with Gasteiger partial charge in [-0.25, -0.2) is 17.9 Å². The first-order chi connectivity index (χ1) is 9.81. The van der Waals surface area contributed by atoms with Gasteiger partial charge in [-0.05, 0) is 25.5 Å². The van der Waals surface area contributed by atoms with E-state index >= 15 is 0 Å². The third kappa shape index (κ3) is 3.80. The van der Waals surface area contributed by atoms with E-state index in [0.717, 1.165) is 31.0 Å². The van der Waals surface area contributed by atoms with Gasteiger partial charge in [-0.2, -0.15) is 0 Å². The molecule has 118 valence electrons. The second-order valence-corrected chi connectivity index (χ2v) is 7.82. The number of sulfonamides is 1. The van der Waals surface area contributed by atoms with Crippen LogP contribution >= 0.6 is 11.3 Å². The number of carboxylic acids is 1.